The predicted molar refractivity (Wildman–Crippen MR) is 187 cm³/mol. The zero-order chi connectivity index (χ0) is 36.5. The minimum Gasteiger partial charge on any atom is -0.460 e. The summed E-state index contributed by atoms with van der Waals surface area (Å²) in [6.45, 7) is 3.96. The van der Waals surface area contributed by atoms with Gasteiger partial charge >= 0.3 is 11.9 Å². The Balaban J connectivity index is 1.66. The summed E-state index contributed by atoms with van der Waals surface area (Å²) >= 11 is 0. The number of rotatable bonds is 23. The van der Waals surface area contributed by atoms with Crippen LogP contribution in [0.5, 0.6) is 0 Å². The maximum atomic E-state index is 13.0. The number of benzene rings is 3. The molecule has 0 saturated heterocycles. The Bertz CT molecular complexity index is 1620. The zero-order valence-electron chi connectivity index (χ0n) is 28.7. The zero-order valence-corrected chi connectivity index (χ0v) is 28.7. The van der Waals surface area contributed by atoms with Gasteiger partial charge in [0.25, 0.3) is 5.69 Å². The number of carbonyl (C=O) groups is 2. The topological polar surface area (TPSA) is 163 Å². The van der Waals surface area contributed by atoms with Gasteiger partial charge < -0.3 is 37.9 Å². The van der Waals surface area contributed by atoms with E-state index in [0.717, 1.165) is 0 Å². The lowest BCUT2D eigenvalue weighted by molar-refractivity contribution is -0.384. The van der Waals surface area contributed by atoms with Gasteiger partial charge in [-0.15, -0.1) is 0 Å². The van der Waals surface area contributed by atoms with Crippen molar-refractivity contribution >= 4 is 29.5 Å². The standard InChI is InChI=1S/C37H42N2O12/c1-44-12-14-46-16-18-48-20-22-50-36(40)32-5-3-4-29(24-32)6-7-31-25-33(37(41)51-23-21-49-19-17-47-15-13-45-2)27-34(26-31)38-28-30-8-10-35(11-9-30)39(42)43/h3-5,8-11,24-28H,12-23H2,1-2H3. The maximum absolute atomic E-state index is 13.0. The third-order valence-corrected chi connectivity index (χ3v) is 6.60. The summed E-state index contributed by atoms with van der Waals surface area (Å²) in [5, 5.41) is 11.0. The first-order valence-corrected chi connectivity index (χ1v) is 16.1. The van der Waals surface area contributed by atoms with Crippen LogP contribution in [-0.2, 0) is 37.9 Å². The third kappa shape index (κ3) is 16.5. The number of nitro benzene ring substituents is 1. The van der Waals surface area contributed by atoms with E-state index in [-0.39, 0.29) is 37.7 Å². The van der Waals surface area contributed by atoms with Crippen molar-refractivity contribution in [2.24, 2.45) is 4.99 Å². The molecule has 0 radical (unpaired) electrons. The molecule has 0 aromatic heterocycles. The van der Waals surface area contributed by atoms with Crippen molar-refractivity contribution in [3.8, 4) is 11.8 Å². The van der Waals surface area contributed by atoms with Crippen LogP contribution in [0, 0.1) is 22.0 Å². The van der Waals surface area contributed by atoms with Crippen LogP contribution < -0.4 is 0 Å². The number of aliphatic imine (C=N–C) groups is 1. The summed E-state index contributed by atoms with van der Waals surface area (Å²) in [5.41, 5.74) is 2.51. The highest BCUT2D eigenvalue weighted by molar-refractivity contribution is 5.92. The molecule has 0 saturated carbocycles. The molecule has 0 spiro atoms. The van der Waals surface area contributed by atoms with Gasteiger partial charge in [-0.1, -0.05) is 17.9 Å². The van der Waals surface area contributed by atoms with Crippen LogP contribution in [0.15, 0.2) is 71.7 Å². The number of non-ortho nitro benzene ring substituents is 1. The third-order valence-electron chi connectivity index (χ3n) is 6.60. The second-order valence-corrected chi connectivity index (χ2v) is 10.4. The molecule has 0 atom stereocenters. The Morgan fingerprint density at radius 3 is 1.73 bits per heavy atom. The summed E-state index contributed by atoms with van der Waals surface area (Å²) in [6.07, 6.45) is 1.52. The number of hydrogen-bond acceptors (Lipinski definition) is 13. The van der Waals surface area contributed by atoms with E-state index in [9.17, 15) is 19.7 Å². The van der Waals surface area contributed by atoms with Crippen LogP contribution >= 0.6 is 0 Å². The van der Waals surface area contributed by atoms with E-state index in [1.165, 1.54) is 18.3 Å². The first kappa shape index (κ1) is 40.4. The Morgan fingerprint density at radius 1 is 0.647 bits per heavy atom. The fourth-order valence-electron chi connectivity index (χ4n) is 4.06. The number of nitro groups is 1. The van der Waals surface area contributed by atoms with Crippen molar-refractivity contribution < 1.29 is 52.4 Å². The first-order chi connectivity index (χ1) is 24.9. The van der Waals surface area contributed by atoms with E-state index in [4.69, 9.17) is 37.9 Å². The van der Waals surface area contributed by atoms with Crippen LogP contribution in [-0.4, -0.2) is 117 Å². The van der Waals surface area contributed by atoms with Gasteiger partial charge in [0.05, 0.1) is 87.8 Å². The SMILES string of the molecule is COCCOCCOCCOC(=O)c1cccc(C#Cc2cc(N=Cc3ccc([N+](=O)[O-])cc3)cc(C(=O)OCCOCCOCCOC)c2)c1. The molecule has 0 aliphatic carbocycles. The highest BCUT2D eigenvalue weighted by Crippen LogP contribution is 2.20. The lowest BCUT2D eigenvalue weighted by Gasteiger charge is -2.08. The number of carbonyl (C=O) groups excluding carboxylic acids is 2. The average molecular weight is 707 g/mol. The van der Waals surface area contributed by atoms with E-state index >= 15 is 0 Å². The number of nitrogens with zero attached hydrogens (tertiary/aromatic N) is 2. The molecular weight excluding hydrogens is 664 g/mol. The molecule has 0 bridgehead atoms. The van der Waals surface area contributed by atoms with Crippen molar-refractivity contribution in [1.82, 2.24) is 0 Å². The molecule has 3 aromatic rings. The molecule has 0 aliphatic heterocycles. The number of hydrogen-bond donors (Lipinski definition) is 0. The van der Waals surface area contributed by atoms with E-state index in [2.05, 4.69) is 16.8 Å². The fraction of sp³-hybridized carbons (Fsp3) is 0.378. The monoisotopic (exact) mass is 706 g/mol. The highest BCUT2D eigenvalue weighted by Gasteiger charge is 2.11. The molecule has 3 rings (SSSR count). The van der Waals surface area contributed by atoms with E-state index < -0.39 is 16.9 Å². The molecule has 0 aliphatic rings. The Hall–Kier alpha value is -5.01. The Morgan fingerprint density at radius 2 is 1.16 bits per heavy atom. The van der Waals surface area contributed by atoms with Crippen LogP contribution in [0.4, 0.5) is 11.4 Å². The highest BCUT2D eigenvalue weighted by atomic mass is 16.6. The second-order valence-electron chi connectivity index (χ2n) is 10.4. The molecule has 51 heavy (non-hydrogen) atoms. The summed E-state index contributed by atoms with van der Waals surface area (Å²) in [7, 11) is 3.19. The molecule has 3 aromatic carbocycles. The molecule has 0 fully saturated rings. The lowest BCUT2D eigenvalue weighted by atomic mass is 10.1. The molecule has 0 amide bonds. The normalized spacial score (nSPS) is 10.9. The summed E-state index contributed by atoms with van der Waals surface area (Å²) in [5.74, 6) is 4.92. The molecule has 0 N–H and O–H groups in total. The average Bonchev–Trinajstić information content (AvgIpc) is 3.15. The van der Waals surface area contributed by atoms with Crippen molar-refractivity contribution in [3.05, 3.63) is 105 Å². The van der Waals surface area contributed by atoms with E-state index in [0.29, 0.717) is 80.8 Å². The Kier molecular flexibility index (Phi) is 19.2. The van der Waals surface area contributed by atoms with Crippen LogP contribution in [0.3, 0.4) is 0 Å². The molecule has 0 heterocycles. The fourth-order valence-corrected chi connectivity index (χ4v) is 4.06. The van der Waals surface area contributed by atoms with Crippen LogP contribution in [0.2, 0.25) is 0 Å². The maximum Gasteiger partial charge on any atom is 0.338 e. The Labute approximate surface area is 296 Å². The summed E-state index contributed by atoms with van der Waals surface area (Å²) in [4.78, 5) is 40.5. The van der Waals surface area contributed by atoms with Crippen molar-refractivity contribution in [2.75, 3.05) is 93.5 Å². The van der Waals surface area contributed by atoms with Gasteiger partial charge in [0.2, 0.25) is 0 Å². The molecular formula is C37H42N2O12. The molecule has 272 valence electrons. The number of ether oxygens (including phenoxy) is 8. The first-order valence-electron chi connectivity index (χ1n) is 16.1. The summed E-state index contributed by atoms with van der Waals surface area (Å²) in [6, 6.07) is 17.3. The quantitative estimate of drug-likeness (QED) is 0.0341. The van der Waals surface area contributed by atoms with Gasteiger partial charge in [-0.2, -0.15) is 0 Å². The van der Waals surface area contributed by atoms with Gasteiger partial charge in [-0.3, -0.25) is 15.1 Å². The molecule has 14 nitrogen and oxygen atoms in total. The predicted octanol–water partition coefficient (Wildman–Crippen LogP) is 4.42. The van der Waals surface area contributed by atoms with Gasteiger partial charge in [0.15, 0.2) is 0 Å². The van der Waals surface area contributed by atoms with Crippen molar-refractivity contribution in [2.45, 2.75) is 0 Å². The van der Waals surface area contributed by atoms with Crippen LogP contribution in [0.25, 0.3) is 0 Å². The van der Waals surface area contributed by atoms with Gasteiger partial charge in [-0.25, -0.2) is 9.59 Å². The van der Waals surface area contributed by atoms with Gasteiger partial charge in [0.1, 0.15) is 13.2 Å². The lowest BCUT2D eigenvalue weighted by Crippen LogP contribution is -2.14. The number of esters is 2. The minimum absolute atomic E-state index is 0.0204. The van der Waals surface area contributed by atoms with Crippen molar-refractivity contribution in [3.63, 3.8) is 0 Å². The molecule has 0 unspecified atom stereocenters. The largest absolute Gasteiger partial charge is 0.460 e. The van der Waals surface area contributed by atoms with Crippen molar-refractivity contribution in [1.29, 1.82) is 0 Å². The van der Waals surface area contributed by atoms with E-state index in [1.807, 2.05) is 0 Å². The van der Waals surface area contributed by atoms with Gasteiger partial charge in [0, 0.05) is 43.7 Å². The molecule has 14 heteroatoms. The van der Waals surface area contributed by atoms with Crippen LogP contribution in [0.1, 0.15) is 37.4 Å². The summed E-state index contributed by atoms with van der Waals surface area (Å²) < 4.78 is 42.0. The van der Waals surface area contributed by atoms with E-state index in [1.54, 1.807) is 68.8 Å². The van der Waals surface area contributed by atoms with Gasteiger partial charge in [-0.05, 0) is 54.1 Å². The second kappa shape index (κ2) is 24.2. The number of methoxy groups -OCH3 is 2. The smallest absolute Gasteiger partial charge is 0.338 e. The minimum atomic E-state index is -0.599.